The number of ether oxygens (including phenoxy) is 2. The van der Waals surface area contributed by atoms with Gasteiger partial charge in [0.15, 0.2) is 0 Å². The van der Waals surface area contributed by atoms with Crippen LogP contribution in [0.5, 0.6) is 5.75 Å². The first-order valence-electron chi connectivity index (χ1n) is 8.51. The van der Waals surface area contributed by atoms with Crippen molar-refractivity contribution < 1.29 is 19.1 Å². The summed E-state index contributed by atoms with van der Waals surface area (Å²) in [6.07, 6.45) is 10.5. The predicted molar refractivity (Wildman–Crippen MR) is 90.9 cm³/mol. The molecule has 1 aromatic rings. The van der Waals surface area contributed by atoms with Gasteiger partial charge in [-0.1, -0.05) is 38.5 Å². The lowest BCUT2D eigenvalue weighted by Gasteiger charge is -2.06. The van der Waals surface area contributed by atoms with Crippen LogP contribution in [0.2, 0.25) is 0 Å². The molecule has 0 saturated heterocycles. The highest BCUT2D eigenvalue weighted by Crippen LogP contribution is 2.13. The molecule has 0 aliphatic carbocycles. The highest BCUT2D eigenvalue weighted by molar-refractivity contribution is 5.74. The molecule has 23 heavy (non-hydrogen) atoms. The lowest BCUT2D eigenvalue weighted by molar-refractivity contribution is -0.140. The zero-order valence-corrected chi connectivity index (χ0v) is 14.1. The number of hydrogen-bond acceptors (Lipinski definition) is 4. The number of carbonyl (C=O) groups excluding carboxylic acids is 2. The third kappa shape index (κ3) is 9.72. The molecule has 0 fully saturated rings. The van der Waals surface area contributed by atoms with Gasteiger partial charge in [0.2, 0.25) is 0 Å². The van der Waals surface area contributed by atoms with Gasteiger partial charge in [-0.15, -0.1) is 0 Å². The van der Waals surface area contributed by atoms with Crippen molar-refractivity contribution >= 4 is 12.3 Å². The topological polar surface area (TPSA) is 52.6 Å². The summed E-state index contributed by atoms with van der Waals surface area (Å²) < 4.78 is 10.2. The van der Waals surface area contributed by atoms with Crippen molar-refractivity contribution in [1.29, 1.82) is 0 Å². The number of carbonyl (C=O) groups is 2. The molecule has 0 aromatic heterocycles. The van der Waals surface area contributed by atoms with E-state index in [9.17, 15) is 9.59 Å². The Bertz CT molecular complexity index is 439. The van der Waals surface area contributed by atoms with Crippen LogP contribution in [0, 0.1) is 0 Å². The van der Waals surface area contributed by atoms with Gasteiger partial charge in [0.05, 0.1) is 13.7 Å². The van der Waals surface area contributed by atoms with Gasteiger partial charge in [-0.05, 0) is 37.1 Å². The maximum atomic E-state index is 10.9. The van der Waals surface area contributed by atoms with Gasteiger partial charge in [0, 0.05) is 12.0 Å². The average molecular weight is 320 g/mol. The van der Waals surface area contributed by atoms with E-state index < -0.39 is 0 Å². The van der Waals surface area contributed by atoms with Crippen LogP contribution >= 0.6 is 0 Å². The van der Waals surface area contributed by atoms with Crippen LogP contribution in [0.25, 0.3) is 0 Å². The lowest BCUT2D eigenvalue weighted by atomic mass is 10.1. The minimum absolute atomic E-state index is 0.106. The van der Waals surface area contributed by atoms with Gasteiger partial charge in [0.1, 0.15) is 12.0 Å². The Hall–Kier alpha value is -1.84. The third-order valence-corrected chi connectivity index (χ3v) is 3.79. The van der Waals surface area contributed by atoms with E-state index in [2.05, 4.69) is 4.74 Å². The van der Waals surface area contributed by atoms with Crippen molar-refractivity contribution in [2.45, 2.75) is 57.8 Å². The molecule has 0 atom stereocenters. The van der Waals surface area contributed by atoms with E-state index in [1.165, 1.54) is 39.2 Å². The highest BCUT2D eigenvalue weighted by Gasteiger charge is 1.99. The van der Waals surface area contributed by atoms with Crippen molar-refractivity contribution in [3.63, 3.8) is 0 Å². The molecule has 0 unspecified atom stereocenters. The SMILES string of the molecule is COC(=O)CCCCCCCCCCOc1ccc(C=O)cc1. The monoisotopic (exact) mass is 320 g/mol. The van der Waals surface area contributed by atoms with E-state index in [4.69, 9.17) is 4.74 Å². The van der Waals surface area contributed by atoms with E-state index in [1.54, 1.807) is 12.1 Å². The summed E-state index contributed by atoms with van der Waals surface area (Å²) in [5.41, 5.74) is 0.670. The molecule has 0 heterocycles. The van der Waals surface area contributed by atoms with Crippen molar-refractivity contribution in [2.75, 3.05) is 13.7 Å². The molecule has 0 bridgehead atoms. The zero-order chi connectivity index (χ0) is 16.8. The molecule has 0 radical (unpaired) electrons. The van der Waals surface area contributed by atoms with Crippen molar-refractivity contribution in [3.8, 4) is 5.75 Å². The molecule has 128 valence electrons. The molecule has 4 heteroatoms. The summed E-state index contributed by atoms with van der Waals surface area (Å²) in [7, 11) is 1.44. The molecular formula is C19H28O4. The fourth-order valence-electron chi connectivity index (χ4n) is 2.37. The minimum atomic E-state index is -0.106. The van der Waals surface area contributed by atoms with Gasteiger partial charge in [-0.2, -0.15) is 0 Å². The first-order valence-corrected chi connectivity index (χ1v) is 8.51. The summed E-state index contributed by atoms with van der Waals surface area (Å²) in [4.78, 5) is 21.5. The maximum absolute atomic E-state index is 10.9. The number of methoxy groups -OCH3 is 1. The van der Waals surface area contributed by atoms with Gasteiger partial charge < -0.3 is 9.47 Å². The second-order valence-corrected chi connectivity index (χ2v) is 5.69. The maximum Gasteiger partial charge on any atom is 0.305 e. The third-order valence-electron chi connectivity index (χ3n) is 3.79. The molecule has 1 rings (SSSR count). The Balaban J connectivity index is 1.87. The van der Waals surface area contributed by atoms with Crippen LogP contribution in [-0.4, -0.2) is 26.0 Å². The lowest BCUT2D eigenvalue weighted by Crippen LogP contribution is -1.99. The molecule has 0 saturated carbocycles. The van der Waals surface area contributed by atoms with Crippen LogP contribution in [0.15, 0.2) is 24.3 Å². The standard InChI is InChI=1S/C19H28O4/c1-22-19(21)10-8-6-4-2-3-5-7-9-15-23-18-13-11-17(16-20)12-14-18/h11-14,16H,2-10,15H2,1H3. The van der Waals surface area contributed by atoms with Gasteiger partial charge >= 0.3 is 5.97 Å². The van der Waals surface area contributed by atoms with Gasteiger partial charge in [0.25, 0.3) is 0 Å². The second-order valence-electron chi connectivity index (χ2n) is 5.69. The molecule has 0 N–H and O–H groups in total. The van der Waals surface area contributed by atoms with Crippen LogP contribution in [0.3, 0.4) is 0 Å². The van der Waals surface area contributed by atoms with Crippen molar-refractivity contribution in [1.82, 2.24) is 0 Å². The van der Waals surface area contributed by atoms with Crippen LogP contribution in [0.4, 0.5) is 0 Å². The van der Waals surface area contributed by atoms with E-state index in [-0.39, 0.29) is 5.97 Å². The molecular weight excluding hydrogens is 292 g/mol. The quantitative estimate of drug-likeness (QED) is 0.304. The van der Waals surface area contributed by atoms with E-state index in [0.717, 1.165) is 37.9 Å². The van der Waals surface area contributed by atoms with Gasteiger partial charge in [-0.25, -0.2) is 0 Å². The normalized spacial score (nSPS) is 10.3. The van der Waals surface area contributed by atoms with E-state index in [1.807, 2.05) is 12.1 Å². The first-order chi connectivity index (χ1) is 11.3. The Morgan fingerprint density at radius 2 is 1.48 bits per heavy atom. The number of aldehydes is 1. The Labute approximate surface area is 139 Å². The number of hydrogen-bond donors (Lipinski definition) is 0. The highest BCUT2D eigenvalue weighted by atomic mass is 16.5. The zero-order valence-electron chi connectivity index (χ0n) is 14.1. The summed E-state index contributed by atoms with van der Waals surface area (Å²) in [6, 6.07) is 7.20. The molecule has 0 spiro atoms. The molecule has 0 amide bonds. The second kappa shape index (κ2) is 12.7. The molecule has 1 aromatic carbocycles. The van der Waals surface area contributed by atoms with Crippen molar-refractivity contribution in [3.05, 3.63) is 29.8 Å². The number of benzene rings is 1. The largest absolute Gasteiger partial charge is 0.494 e. The number of rotatable bonds is 13. The van der Waals surface area contributed by atoms with Crippen LogP contribution < -0.4 is 4.74 Å². The van der Waals surface area contributed by atoms with Gasteiger partial charge in [-0.3, -0.25) is 9.59 Å². The fraction of sp³-hybridized carbons (Fsp3) is 0.579. The van der Waals surface area contributed by atoms with Crippen LogP contribution in [0.1, 0.15) is 68.1 Å². The molecule has 0 aliphatic rings. The average Bonchev–Trinajstić information content (AvgIpc) is 2.59. The van der Waals surface area contributed by atoms with E-state index in [0.29, 0.717) is 12.0 Å². The summed E-state index contributed by atoms with van der Waals surface area (Å²) in [5, 5.41) is 0. The predicted octanol–water partition coefficient (Wildman–Crippen LogP) is 4.56. The summed E-state index contributed by atoms with van der Waals surface area (Å²) in [5.74, 6) is 0.715. The number of esters is 1. The van der Waals surface area contributed by atoms with E-state index >= 15 is 0 Å². The molecule has 0 aliphatic heterocycles. The fourth-order valence-corrected chi connectivity index (χ4v) is 2.37. The van der Waals surface area contributed by atoms with Crippen molar-refractivity contribution in [2.24, 2.45) is 0 Å². The summed E-state index contributed by atoms with van der Waals surface area (Å²) in [6.45, 7) is 0.722. The smallest absolute Gasteiger partial charge is 0.305 e. The Kier molecular flexibility index (Phi) is 10.6. The van der Waals surface area contributed by atoms with Crippen LogP contribution in [-0.2, 0) is 9.53 Å². The molecule has 4 nitrogen and oxygen atoms in total. The number of unbranched alkanes of at least 4 members (excludes halogenated alkanes) is 7. The first kappa shape index (κ1) is 19.2. The Morgan fingerprint density at radius 1 is 0.913 bits per heavy atom. The minimum Gasteiger partial charge on any atom is -0.494 e. The Morgan fingerprint density at radius 3 is 2.04 bits per heavy atom. The summed E-state index contributed by atoms with van der Waals surface area (Å²) >= 11 is 0.